The lowest BCUT2D eigenvalue weighted by molar-refractivity contribution is -0.121. The van der Waals surface area contributed by atoms with Crippen LogP contribution in [0.4, 0.5) is 11.4 Å². The van der Waals surface area contributed by atoms with E-state index in [1.54, 1.807) is 6.92 Å². The van der Waals surface area contributed by atoms with Gasteiger partial charge in [-0.1, -0.05) is 26.0 Å². The molecule has 0 bridgehead atoms. The van der Waals surface area contributed by atoms with Crippen molar-refractivity contribution in [2.75, 3.05) is 29.9 Å². The number of para-hydroxylation sites is 2. The number of aliphatic hydroxyl groups is 1. The fraction of sp³-hybridized carbons (Fsp3) is 0.579. The molecule has 1 aromatic rings. The number of nitrogens with zero attached hydrogens (tertiary/aromatic N) is 2. The Morgan fingerprint density at radius 2 is 2.04 bits per heavy atom. The van der Waals surface area contributed by atoms with Gasteiger partial charge in [-0.05, 0) is 37.8 Å². The Balaban J connectivity index is 1.99. The number of aliphatic hydroxyl groups excluding tert-OH is 1. The van der Waals surface area contributed by atoms with E-state index in [-0.39, 0.29) is 24.5 Å². The van der Waals surface area contributed by atoms with E-state index in [4.69, 9.17) is 0 Å². The molecule has 1 aromatic carbocycles. The zero-order valence-corrected chi connectivity index (χ0v) is 15.2. The molecule has 25 heavy (non-hydrogen) atoms. The van der Waals surface area contributed by atoms with Gasteiger partial charge in [0.25, 0.3) is 0 Å². The van der Waals surface area contributed by atoms with Gasteiger partial charge in [0, 0.05) is 13.1 Å². The predicted molar refractivity (Wildman–Crippen MR) is 99.4 cm³/mol. The van der Waals surface area contributed by atoms with E-state index in [1.165, 1.54) is 0 Å². The molecule has 0 spiro atoms. The molecular weight excluding hydrogens is 316 g/mol. The highest BCUT2D eigenvalue weighted by atomic mass is 16.3. The standard InChI is InChI=1S/C19H28N4O2/c1-14(2)19(3,13-20)22-18(25)12-21-16-6-4-5-7-17(16)23-10-8-15(24)9-11-23/h4-7,14-15,21,24H,8-12H2,1-3H3,(H,22,25)/t19-/m1/s1. The minimum atomic E-state index is -0.874. The summed E-state index contributed by atoms with van der Waals surface area (Å²) < 4.78 is 0. The van der Waals surface area contributed by atoms with Gasteiger partial charge in [-0.15, -0.1) is 0 Å². The number of anilines is 2. The molecule has 1 atom stereocenters. The second-order valence-electron chi connectivity index (χ2n) is 7.11. The minimum Gasteiger partial charge on any atom is -0.393 e. The SMILES string of the molecule is CC(C)[C@@](C)(C#N)NC(=O)CNc1ccccc1N1CCC(O)CC1. The average Bonchev–Trinajstić information content (AvgIpc) is 2.60. The highest BCUT2D eigenvalue weighted by Crippen LogP contribution is 2.28. The Kier molecular flexibility index (Phi) is 6.27. The molecular formula is C19H28N4O2. The van der Waals surface area contributed by atoms with E-state index in [0.29, 0.717) is 0 Å². The molecule has 1 aliphatic rings. The van der Waals surface area contributed by atoms with Crippen LogP contribution < -0.4 is 15.5 Å². The van der Waals surface area contributed by atoms with E-state index in [0.717, 1.165) is 37.3 Å². The normalized spacial score (nSPS) is 17.7. The number of benzene rings is 1. The lowest BCUT2D eigenvalue weighted by Crippen LogP contribution is -2.50. The van der Waals surface area contributed by atoms with Crippen molar-refractivity contribution in [3.63, 3.8) is 0 Å². The van der Waals surface area contributed by atoms with Gasteiger partial charge in [0.2, 0.25) is 5.91 Å². The van der Waals surface area contributed by atoms with Crippen molar-refractivity contribution in [2.24, 2.45) is 5.92 Å². The van der Waals surface area contributed by atoms with Crippen LogP contribution >= 0.6 is 0 Å². The molecule has 0 radical (unpaired) electrons. The number of rotatable bonds is 6. The highest BCUT2D eigenvalue weighted by Gasteiger charge is 2.29. The van der Waals surface area contributed by atoms with Crippen molar-refractivity contribution in [3.05, 3.63) is 24.3 Å². The molecule has 136 valence electrons. The number of piperidine rings is 1. The minimum absolute atomic E-state index is 0.0218. The zero-order chi connectivity index (χ0) is 18.4. The molecule has 1 amide bonds. The molecule has 2 rings (SSSR count). The van der Waals surface area contributed by atoms with Crippen LogP contribution in [0.25, 0.3) is 0 Å². The molecule has 0 aromatic heterocycles. The number of amides is 1. The molecule has 3 N–H and O–H groups in total. The van der Waals surface area contributed by atoms with Gasteiger partial charge in [0.1, 0.15) is 5.54 Å². The van der Waals surface area contributed by atoms with Crippen molar-refractivity contribution in [2.45, 2.75) is 45.3 Å². The first-order chi connectivity index (χ1) is 11.9. The smallest absolute Gasteiger partial charge is 0.240 e. The molecule has 6 nitrogen and oxygen atoms in total. The third-order valence-electron chi connectivity index (χ3n) is 4.93. The summed E-state index contributed by atoms with van der Waals surface area (Å²) in [6.45, 7) is 7.27. The Hall–Kier alpha value is -2.26. The van der Waals surface area contributed by atoms with Crippen LogP contribution in [0.5, 0.6) is 0 Å². The maximum absolute atomic E-state index is 12.3. The number of carbonyl (C=O) groups is 1. The van der Waals surface area contributed by atoms with Gasteiger partial charge < -0.3 is 20.6 Å². The largest absolute Gasteiger partial charge is 0.393 e. The third-order valence-corrected chi connectivity index (χ3v) is 4.93. The van der Waals surface area contributed by atoms with Crippen molar-refractivity contribution in [1.82, 2.24) is 5.32 Å². The van der Waals surface area contributed by atoms with Crippen LogP contribution in [0.2, 0.25) is 0 Å². The van der Waals surface area contributed by atoms with E-state index < -0.39 is 5.54 Å². The first-order valence-corrected chi connectivity index (χ1v) is 8.84. The number of hydrogen-bond acceptors (Lipinski definition) is 5. The monoisotopic (exact) mass is 344 g/mol. The van der Waals surface area contributed by atoms with Crippen LogP contribution in [0.1, 0.15) is 33.6 Å². The molecule has 0 saturated carbocycles. The van der Waals surface area contributed by atoms with E-state index in [1.807, 2.05) is 38.1 Å². The van der Waals surface area contributed by atoms with E-state index >= 15 is 0 Å². The summed E-state index contributed by atoms with van der Waals surface area (Å²) in [4.78, 5) is 14.5. The molecule has 1 heterocycles. The maximum atomic E-state index is 12.3. The molecule has 1 fully saturated rings. The molecule has 1 saturated heterocycles. The fourth-order valence-electron chi connectivity index (χ4n) is 2.82. The van der Waals surface area contributed by atoms with Crippen LogP contribution in [0.3, 0.4) is 0 Å². The number of carbonyl (C=O) groups excluding carboxylic acids is 1. The zero-order valence-electron chi connectivity index (χ0n) is 15.2. The Bertz CT molecular complexity index is 633. The van der Waals surface area contributed by atoms with Gasteiger partial charge in [0.05, 0.1) is 30.1 Å². The fourth-order valence-corrected chi connectivity index (χ4v) is 2.82. The van der Waals surface area contributed by atoms with Crippen molar-refractivity contribution in [1.29, 1.82) is 5.26 Å². The van der Waals surface area contributed by atoms with Crippen molar-refractivity contribution >= 4 is 17.3 Å². The first-order valence-electron chi connectivity index (χ1n) is 8.84. The number of nitrogens with one attached hydrogen (secondary N) is 2. The van der Waals surface area contributed by atoms with Crippen LogP contribution in [-0.2, 0) is 4.79 Å². The Morgan fingerprint density at radius 3 is 2.64 bits per heavy atom. The summed E-state index contributed by atoms with van der Waals surface area (Å²) in [5, 5.41) is 25.0. The summed E-state index contributed by atoms with van der Waals surface area (Å²) in [5.74, 6) is -0.185. The second kappa shape index (κ2) is 8.21. The summed E-state index contributed by atoms with van der Waals surface area (Å²) in [6, 6.07) is 10.0. The summed E-state index contributed by atoms with van der Waals surface area (Å²) in [7, 11) is 0. The summed E-state index contributed by atoms with van der Waals surface area (Å²) in [6.07, 6.45) is 1.29. The van der Waals surface area contributed by atoms with Gasteiger partial charge in [-0.25, -0.2) is 0 Å². The third kappa shape index (κ3) is 4.86. The van der Waals surface area contributed by atoms with Crippen LogP contribution in [0, 0.1) is 17.2 Å². The van der Waals surface area contributed by atoms with Gasteiger partial charge >= 0.3 is 0 Å². The Morgan fingerprint density at radius 1 is 1.40 bits per heavy atom. The molecule has 0 unspecified atom stereocenters. The van der Waals surface area contributed by atoms with E-state index in [9.17, 15) is 15.2 Å². The first kappa shape index (κ1) is 19.1. The number of nitriles is 1. The number of hydrogen-bond donors (Lipinski definition) is 3. The second-order valence-corrected chi connectivity index (χ2v) is 7.11. The van der Waals surface area contributed by atoms with E-state index in [2.05, 4.69) is 21.6 Å². The molecule has 6 heteroatoms. The maximum Gasteiger partial charge on any atom is 0.240 e. The highest BCUT2D eigenvalue weighted by molar-refractivity contribution is 5.83. The summed E-state index contributed by atoms with van der Waals surface area (Å²) >= 11 is 0. The molecule has 0 aliphatic carbocycles. The summed E-state index contributed by atoms with van der Waals surface area (Å²) in [5.41, 5.74) is 1.05. The van der Waals surface area contributed by atoms with Gasteiger partial charge in [-0.3, -0.25) is 4.79 Å². The quantitative estimate of drug-likeness (QED) is 0.736. The van der Waals surface area contributed by atoms with Crippen LogP contribution in [-0.4, -0.2) is 42.3 Å². The lowest BCUT2D eigenvalue weighted by Gasteiger charge is -2.33. The topological polar surface area (TPSA) is 88.4 Å². The van der Waals surface area contributed by atoms with Crippen molar-refractivity contribution in [3.8, 4) is 6.07 Å². The van der Waals surface area contributed by atoms with Gasteiger partial charge in [0.15, 0.2) is 0 Å². The predicted octanol–water partition coefficient (Wildman–Crippen LogP) is 2.11. The van der Waals surface area contributed by atoms with Crippen LogP contribution in [0.15, 0.2) is 24.3 Å². The van der Waals surface area contributed by atoms with Crippen molar-refractivity contribution < 1.29 is 9.90 Å². The lowest BCUT2D eigenvalue weighted by atomic mass is 9.90. The average molecular weight is 344 g/mol. The molecule has 1 aliphatic heterocycles. The Labute approximate surface area is 149 Å². The van der Waals surface area contributed by atoms with Gasteiger partial charge in [-0.2, -0.15) is 5.26 Å².